The zero-order chi connectivity index (χ0) is 20.2. The fraction of sp³-hybridized carbons (Fsp3) is 0.478. The van der Waals surface area contributed by atoms with Gasteiger partial charge in [0.2, 0.25) is 0 Å². The Kier molecular flexibility index (Phi) is 7.88. The van der Waals surface area contributed by atoms with E-state index in [0.717, 1.165) is 25.1 Å². The highest BCUT2D eigenvalue weighted by Crippen LogP contribution is 2.30. The second-order valence-corrected chi connectivity index (χ2v) is 11.2. The van der Waals surface area contributed by atoms with Crippen LogP contribution in [-0.4, -0.2) is 13.2 Å². The molecule has 148 valence electrons. The van der Waals surface area contributed by atoms with Gasteiger partial charge < -0.3 is 9.47 Å². The second kappa shape index (κ2) is 9.33. The minimum atomic E-state index is 0.159. The molecule has 0 bridgehead atoms. The summed E-state index contributed by atoms with van der Waals surface area (Å²) in [6.45, 7) is 14.7. The lowest BCUT2D eigenvalue weighted by atomic mass is 9.87. The van der Waals surface area contributed by atoms with Crippen molar-refractivity contribution in [2.24, 2.45) is 0 Å². The third-order valence-electron chi connectivity index (χ3n) is 4.40. The summed E-state index contributed by atoms with van der Waals surface area (Å²) in [4.78, 5) is 0. The number of hydrogen-bond acceptors (Lipinski definition) is 2. The maximum atomic E-state index is 5.95. The predicted octanol–water partition coefficient (Wildman–Crippen LogP) is 7.34. The van der Waals surface area contributed by atoms with Crippen molar-refractivity contribution in [2.45, 2.75) is 58.8 Å². The minimum Gasteiger partial charge on any atom is -0.492 e. The molecule has 0 aliphatic heterocycles. The molecule has 2 aromatic rings. The Labute approximate surface area is 191 Å². The molecule has 2 aromatic carbocycles. The van der Waals surface area contributed by atoms with Gasteiger partial charge in [0.15, 0.2) is 0 Å². The van der Waals surface area contributed by atoms with Gasteiger partial charge in [0, 0.05) is 6.42 Å². The highest BCUT2D eigenvalue weighted by atomic mass is 127. The number of ether oxygens (including phenoxy) is 2. The lowest BCUT2D eigenvalue weighted by Crippen LogP contribution is -2.12. The molecule has 0 saturated carbocycles. The smallest absolute Gasteiger partial charge is 0.132 e. The average molecular weight is 592 g/mol. The van der Waals surface area contributed by atoms with Gasteiger partial charge in [-0.1, -0.05) is 53.7 Å². The van der Waals surface area contributed by atoms with Crippen molar-refractivity contribution in [2.75, 3.05) is 13.2 Å². The SMILES string of the molecule is CC(C)(C)c1ccc(OCCCOc2ccc(C(C)(C)C)cc2I)c(I)c1. The van der Waals surface area contributed by atoms with Gasteiger partial charge >= 0.3 is 0 Å². The van der Waals surface area contributed by atoms with Gasteiger partial charge in [-0.15, -0.1) is 0 Å². The topological polar surface area (TPSA) is 18.5 Å². The Bertz CT molecular complexity index is 705. The molecule has 2 rings (SSSR count). The number of benzene rings is 2. The molecule has 0 atom stereocenters. The number of halogens is 2. The lowest BCUT2D eigenvalue weighted by Gasteiger charge is -2.20. The van der Waals surface area contributed by atoms with Gasteiger partial charge in [0.1, 0.15) is 11.5 Å². The van der Waals surface area contributed by atoms with E-state index in [1.807, 2.05) is 0 Å². The lowest BCUT2D eigenvalue weighted by molar-refractivity contribution is 0.245. The van der Waals surface area contributed by atoms with Crippen LogP contribution in [0.5, 0.6) is 11.5 Å². The first-order valence-electron chi connectivity index (χ1n) is 9.34. The van der Waals surface area contributed by atoms with E-state index in [-0.39, 0.29) is 10.8 Å². The average Bonchev–Trinajstić information content (AvgIpc) is 2.55. The Balaban J connectivity index is 1.83. The first-order chi connectivity index (χ1) is 12.5. The fourth-order valence-corrected chi connectivity index (χ4v) is 3.93. The summed E-state index contributed by atoms with van der Waals surface area (Å²) in [5.74, 6) is 1.90. The molecule has 0 unspecified atom stereocenters. The van der Waals surface area contributed by atoms with Crippen LogP contribution in [0.25, 0.3) is 0 Å². The molecule has 0 heterocycles. The summed E-state index contributed by atoms with van der Waals surface area (Å²) in [7, 11) is 0. The van der Waals surface area contributed by atoms with Gasteiger partial charge in [0.25, 0.3) is 0 Å². The van der Waals surface area contributed by atoms with Crippen LogP contribution >= 0.6 is 45.2 Å². The van der Waals surface area contributed by atoms with E-state index in [2.05, 4.69) is 123 Å². The molecule has 0 saturated heterocycles. The first kappa shape index (κ1) is 22.8. The van der Waals surface area contributed by atoms with Crippen molar-refractivity contribution in [3.8, 4) is 11.5 Å². The van der Waals surface area contributed by atoms with E-state index in [1.54, 1.807) is 0 Å². The summed E-state index contributed by atoms with van der Waals surface area (Å²) in [5.41, 5.74) is 2.98. The molecular formula is C23H30I2O2. The van der Waals surface area contributed by atoms with Crippen molar-refractivity contribution >= 4 is 45.2 Å². The molecule has 27 heavy (non-hydrogen) atoms. The second-order valence-electron chi connectivity index (χ2n) is 8.84. The highest BCUT2D eigenvalue weighted by Gasteiger charge is 2.16. The van der Waals surface area contributed by atoms with E-state index in [1.165, 1.54) is 11.1 Å². The predicted molar refractivity (Wildman–Crippen MR) is 131 cm³/mol. The molecule has 0 aromatic heterocycles. The Morgan fingerprint density at radius 3 is 1.33 bits per heavy atom. The molecule has 0 aliphatic carbocycles. The third kappa shape index (κ3) is 6.80. The molecular weight excluding hydrogens is 562 g/mol. The number of rotatable bonds is 6. The van der Waals surface area contributed by atoms with Gasteiger partial charge in [-0.2, -0.15) is 0 Å². The van der Waals surface area contributed by atoms with E-state index in [0.29, 0.717) is 13.2 Å². The van der Waals surface area contributed by atoms with E-state index in [4.69, 9.17) is 9.47 Å². The first-order valence-corrected chi connectivity index (χ1v) is 11.5. The van der Waals surface area contributed by atoms with Crippen LogP contribution < -0.4 is 9.47 Å². The van der Waals surface area contributed by atoms with Gasteiger partial charge in [-0.25, -0.2) is 0 Å². The largest absolute Gasteiger partial charge is 0.492 e. The molecule has 0 fully saturated rings. The maximum Gasteiger partial charge on any atom is 0.132 e. The van der Waals surface area contributed by atoms with Crippen molar-refractivity contribution in [3.05, 3.63) is 54.7 Å². The quantitative estimate of drug-likeness (QED) is 0.258. The Hall–Kier alpha value is -0.500. The van der Waals surface area contributed by atoms with E-state index < -0.39 is 0 Å². The van der Waals surface area contributed by atoms with Crippen molar-refractivity contribution in [1.29, 1.82) is 0 Å². The van der Waals surface area contributed by atoms with Crippen molar-refractivity contribution in [3.63, 3.8) is 0 Å². The molecule has 0 N–H and O–H groups in total. The summed E-state index contributed by atoms with van der Waals surface area (Å²) in [5, 5.41) is 0. The molecule has 4 heteroatoms. The Morgan fingerprint density at radius 1 is 0.667 bits per heavy atom. The molecule has 0 spiro atoms. The molecule has 0 amide bonds. The van der Waals surface area contributed by atoms with Gasteiger partial charge in [0.05, 0.1) is 20.4 Å². The van der Waals surface area contributed by atoms with Gasteiger partial charge in [-0.05, 0) is 91.4 Å². The standard InChI is InChI=1S/C23H30I2O2/c1-22(2,3)16-8-10-20(18(24)14-16)26-12-7-13-27-21-11-9-17(15-19(21)25)23(4,5)6/h8-11,14-15H,7,12-13H2,1-6H3. The van der Waals surface area contributed by atoms with Crippen LogP contribution in [0, 0.1) is 7.14 Å². The van der Waals surface area contributed by atoms with Crippen molar-refractivity contribution < 1.29 is 9.47 Å². The monoisotopic (exact) mass is 592 g/mol. The van der Waals surface area contributed by atoms with Crippen LogP contribution in [0.1, 0.15) is 59.1 Å². The third-order valence-corrected chi connectivity index (χ3v) is 6.09. The maximum absolute atomic E-state index is 5.95. The van der Waals surface area contributed by atoms with Crippen LogP contribution in [0.3, 0.4) is 0 Å². The zero-order valence-corrected chi connectivity index (χ0v) is 21.5. The van der Waals surface area contributed by atoms with Gasteiger partial charge in [-0.3, -0.25) is 0 Å². The fourth-order valence-electron chi connectivity index (χ4n) is 2.59. The van der Waals surface area contributed by atoms with Crippen molar-refractivity contribution in [1.82, 2.24) is 0 Å². The molecule has 0 aliphatic rings. The van der Waals surface area contributed by atoms with Crippen LogP contribution in [0.2, 0.25) is 0 Å². The summed E-state index contributed by atoms with van der Waals surface area (Å²) in [6, 6.07) is 12.9. The van der Waals surface area contributed by atoms with Crippen LogP contribution in [-0.2, 0) is 10.8 Å². The highest BCUT2D eigenvalue weighted by molar-refractivity contribution is 14.1. The van der Waals surface area contributed by atoms with E-state index >= 15 is 0 Å². The Morgan fingerprint density at radius 2 is 1.04 bits per heavy atom. The summed E-state index contributed by atoms with van der Waals surface area (Å²) >= 11 is 4.71. The molecule has 0 radical (unpaired) electrons. The van der Waals surface area contributed by atoms with E-state index in [9.17, 15) is 0 Å². The minimum absolute atomic E-state index is 0.159. The summed E-state index contributed by atoms with van der Waals surface area (Å²) < 4.78 is 14.2. The van der Waals surface area contributed by atoms with Crippen LogP contribution in [0.15, 0.2) is 36.4 Å². The summed E-state index contributed by atoms with van der Waals surface area (Å²) in [6.07, 6.45) is 0.855. The zero-order valence-electron chi connectivity index (χ0n) is 17.2. The van der Waals surface area contributed by atoms with Crippen LogP contribution in [0.4, 0.5) is 0 Å². The molecule has 2 nitrogen and oxygen atoms in total. The number of hydrogen-bond donors (Lipinski definition) is 0. The normalized spacial score (nSPS) is 12.1.